The van der Waals surface area contributed by atoms with Gasteiger partial charge in [-0.3, -0.25) is 9.52 Å². The Balaban J connectivity index is 2.67. The molecular formula is C12H19NO3SSi. The molecule has 100 valence electrons. The SMILES string of the molecule is C[Si](C)(C)CCS(=O)(=O)Nc1ccc(C=O)cc1. The minimum Gasteiger partial charge on any atom is -0.298 e. The molecule has 0 fully saturated rings. The van der Waals surface area contributed by atoms with Gasteiger partial charge in [0.15, 0.2) is 0 Å². The van der Waals surface area contributed by atoms with E-state index in [9.17, 15) is 13.2 Å². The highest BCUT2D eigenvalue weighted by molar-refractivity contribution is 7.92. The van der Waals surface area contributed by atoms with Gasteiger partial charge in [-0.05, 0) is 30.3 Å². The molecule has 0 aliphatic heterocycles. The summed E-state index contributed by atoms with van der Waals surface area (Å²) in [7, 11) is -4.66. The van der Waals surface area contributed by atoms with Crippen LogP contribution in [-0.2, 0) is 10.0 Å². The monoisotopic (exact) mass is 285 g/mol. The number of rotatable bonds is 6. The summed E-state index contributed by atoms with van der Waals surface area (Å²) in [4.78, 5) is 10.5. The second-order valence-electron chi connectivity index (χ2n) is 5.47. The third-order valence-electron chi connectivity index (χ3n) is 2.44. The van der Waals surface area contributed by atoms with Crippen molar-refractivity contribution in [3.8, 4) is 0 Å². The molecule has 6 heteroatoms. The van der Waals surface area contributed by atoms with E-state index in [2.05, 4.69) is 24.4 Å². The van der Waals surface area contributed by atoms with Gasteiger partial charge in [-0.15, -0.1) is 0 Å². The lowest BCUT2D eigenvalue weighted by Crippen LogP contribution is -2.26. The molecule has 0 saturated heterocycles. The van der Waals surface area contributed by atoms with Crippen LogP contribution in [0.15, 0.2) is 24.3 Å². The molecule has 0 spiro atoms. The Hall–Kier alpha value is -1.14. The summed E-state index contributed by atoms with van der Waals surface area (Å²) in [6, 6.07) is 7.09. The van der Waals surface area contributed by atoms with Crippen LogP contribution >= 0.6 is 0 Å². The molecule has 1 N–H and O–H groups in total. The fourth-order valence-electron chi connectivity index (χ4n) is 1.30. The normalized spacial score (nSPS) is 12.2. The van der Waals surface area contributed by atoms with Crippen LogP contribution in [0, 0.1) is 0 Å². The van der Waals surface area contributed by atoms with Gasteiger partial charge in [-0.1, -0.05) is 19.6 Å². The van der Waals surface area contributed by atoms with E-state index in [-0.39, 0.29) is 5.75 Å². The Morgan fingerprint density at radius 3 is 2.17 bits per heavy atom. The number of carbonyl (C=O) groups is 1. The molecule has 1 aromatic rings. The summed E-state index contributed by atoms with van der Waals surface area (Å²) in [6.45, 7) is 6.42. The highest BCUT2D eigenvalue weighted by Crippen LogP contribution is 2.14. The van der Waals surface area contributed by atoms with Crippen molar-refractivity contribution in [2.45, 2.75) is 25.7 Å². The molecular weight excluding hydrogens is 266 g/mol. The Morgan fingerprint density at radius 2 is 1.72 bits per heavy atom. The summed E-state index contributed by atoms with van der Waals surface area (Å²) in [5, 5.41) is 0. The van der Waals surface area contributed by atoms with E-state index in [4.69, 9.17) is 0 Å². The standard InChI is InChI=1S/C12H19NO3SSi/c1-18(2,3)9-8-17(15,16)13-12-6-4-11(10-14)5-7-12/h4-7,10,13H,8-9H2,1-3H3. The van der Waals surface area contributed by atoms with Gasteiger partial charge in [0, 0.05) is 19.3 Å². The van der Waals surface area contributed by atoms with Crippen molar-refractivity contribution in [2.24, 2.45) is 0 Å². The molecule has 4 nitrogen and oxygen atoms in total. The zero-order chi connectivity index (χ0) is 13.8. The molecule has 0 aromatic heterocycles. The zero-order valence-electron chi connectivity index (χ0n) is 10.9. The predicted molar refractivity (Wildman–Crippen MR) is 77.4 cm³/mol. The lowest BCUT2D eigenvalue weighted by atomic mass is 10.2. The Morgan fingerprint density at radius 1 is 1.17 bits per heavy atom. The minimum atomic E-state index is -3.29. The summed E-state index contributed by atoms with van der Waals surface area (Å²) in [6.07, 6.45) is 0.726. The van der Waals surface area contributed by atoms with E-state index in [1.165, 1.54) is 0 Å². The van der Waals surface area contributed by atoms with Crippen LogP contribution in [0.25, 0.3) is 0 Å². The van der Waals surface area contributed by atoms with Crippen molar-refractivity contribution >= 4 is 30.1 Å². The van der Waals surface area contributed by atoms with E-state index in [1.807, 2.05) is 0 Å². The Labute approximate surface area is 109 Å². The largest absolute Gasteiger partial charge is 0.298 e. The fraction of sp³-hybridized carbons (Fsp3) is 0.417. The number of nitrogens with one attached hydrogen (secondary N) is 1. The predicted octanol–water partition coefficient (Wildman–Crippen LogP) is 2.58. The third kappa shape index (κ3) is 5.46. The van der Waals surface area contributed by atoms with Crippen LogP contribution in [0.3, 0.4) is 0 Å². The summed E-state index contributed by atoms with van der Waals surface area (Å²) >= 11 is 0. The zero-order valence-corrected chi connectivity index (χ0v) is 12.8. The first-order valence-corrected chi connectivity index (χ1v) is 11.1. The van der Waals surface area contributed by atoms with Crippen LogP contribution in [0.1, 0.15) is 10.4 Å². The molecule has 18 heavy (non-hydrogen) atoms. The highest BCUT2D eigenvalue weighted by atomic mass is 32.2. The van der Waals surface area contributed by atoms with Gasteiger partial charge in [0.2, 0.25) is 10.0 Å². The number of anilines is 1. The third-order valence-corrected chi connectivity index (χ3v) is 5.84. The fourth-order valence-corrected chi connectivity index (χ4v) is 5.42. The molecule has 0 aliphatic carbocycles. The maximum Gasteiger partial charge on any atom is 0.232 e. The lowest BCUT2D eigenvalue weighted by molar-refractivity contribution is 0.112. The van der Waals surface area contributed by atoms with Gasteiger partial charge in [0.1, 0.15) is 6.29 Å². The van der Waals surface area contributed by atoms with Crippen molar-refractivity contribution in [3.05, 3.63) is 29.8 Å². The maximum atomic E-state index is 11.8. The van der Waals surface area contributed by atoms with Crippen LogP contribution in [0.2, 0.25) is 25.7 Å². The van der Waals surface area contributed by atoms with Crippen molar-refractivity contribution < 1.29 is 13.2 Å². The van der Waals surface area contributed by atoms with E-state index < -0.39 is 18.1 Å². The van der Waals surface area contributed by atoms with E-state index in [0.717, 1.165) is 12.3 Å². The van der Waals surface area contributed by atoms with Crippen LogP contribution < -0.4 is 4.72 Å². The van der Waals surface area contributed by atoms with Gasteiger partial charge in [0.25, 0.3) is 0 Å². The van der Waals surface area contributed by atoms with Gasteiger partial charge < -0.3 is 0 Å². The number of hydrogen-bond donors (Lipinski definition) is 1. The van der Waals surface area contributed by atoms with Gasteiger partial charge in [0.05, 0.1) is 5.75 Å². The molecule has 0 saturated carbocycles. The first kappa shape index (κ1) is 14.9. The number of benzene rings is 1. The quantitative estimate of drug-likeness (QED) is 0.645. The topological polar surface area (TPSA) is 63.2 Å². The maximum absolute atomic E-state index is 11.8. The first-order valence-electron chi connectivity index (χ1n) is 5.78. The van der Waals surface area contributed by atoms with Crippen molar-refractivity contribution in [1.82, 2.24) is 0 Å². The Kier molecular flexibility index (Phi) is 4.69. The molecule has 0 heterocycles. The molecule has 0 unspecified atom stereocenters. The average Bonchev–Trinajstić information content (AvgIpc) is 2.26. The second kappa shape index (κ2) is 5.66. The molecule has 0 atom stereocenters. The molecule has 0 amide bonds. The number of sulfonamides is 1. The van der Waals surface area contributed by atoms with Gasteiger partial charge >= 0.3 is 0 Å². The van der Waals surface area contributed by atoms with Crippen LogP contribution in [-0.4, -0.2) is 28.5 Å². The number of hydrogen-bond acceptors (Lipinski definition) is 3. The lowest BCUT2D eigenvalue weighted by Gasteiger charge is -2.16. The Bertz CT molecular complexity index is 503. The summed E-state index contributed by atoms with van der Waals surface area (Å²) < 4.78 is 26.2. The molecule has 0 aliphatic rings. The molecule has 1 rings (SSSR count). The van der Waals surface area contributed by atoms with E-state index in [1.54, 1.807) is 24.3 Å². The molecule has 0 radical (unpaired) electrons. The highest BCUT2D eigenvalue weighted by Gasteiger charge is 2.18. The van der Waals surface area contributed by atoms with E-state index in [0.29, 0.717) is 11.3 Å². The smallest absolute Gasteiger partial charge is 0.232 e. The average molecular weight is 285 g/mol. The van der Waals surface area contributed by atoms with Gasteiger partial charge in [-0.2, -0.15) is 0 Å². The van der Waals surface area contributed by atoms with E-state index >= 15 is 0 Å². The van der Waals surface area contributed by atoms with Crippen molar-refractivity contribution in [1.29, 1.82) is 0 Å². The van der Waals surface area contributed by atoms with Crippen LogP contribution in [0.5, 0.6) is 0 Å². The van der Waals surface area contributed by atoms with Gasteiger partial charge in [-0.25, -0.2) is 8.42 Å². The molecule has 0 bridgehead atoms. The first-order chi connectivity index (χ1) is 8.22. The summed E-state index contributed by atoms with van der Waals surface area (Å²) in [5.74, 6) is 0.151. The number of carbonyl (C=O) groups excluding carboxylic acids is 1. The second-order valence-corrected chi connectivity index (χ2v) is 12.9. The number of aldehydes is 1. The van der Waals surface area contributed by atoms with Crippen molar-refractivity contribution in [3.63, 3.8) is 0 Å². The van der Waals surface area contributed by atoms with Crippen molar-refractivity contribution in [2.75, 3.05) is 10.5 Å². The minimum absolute atomic E-state index is 0.151. The van der Waals surface area contributed by atoms with Crippen LogP contribution in [0.4, 0.5) is 5.69 Å². The molecule has 1 aromatic carbocycles. The summed E-state index contributed by atoms with van der Waals surface area (Å²) in [5.41, 5.74) is 1.02.